The number of phosphoric acid groups is 2. The molecule has 3 N–H and O–H groups in total. The van der Waals surface area contributed by atoms with Crippen LogP contribution in [0.4, 0.5) is 0 Å². The summed E-state index contributed by atoms with van der Waals surface area (Å²) in [5.41, 5.74) is 0. The SMILES string of the molecule is CCCCCCCCCCCCCCCCCCCCC(=O)O[C@H](COC(=O)CCCCCCCCCCCCCCCCCC)COP(=O)(O)OC[C@@H](O)COP(=O)(O)OC[C@@H](COC(=O)CCCCCCCCCCC)OC(=O)CCCCCCCCCCC(C)C. The van der Waals surface area contributed by atoms with E-state index < -0.39 is 97.5 Å². The van der Waals surface area contributed by atoms with Gasteiger partial charge in [-0.2, -0.15) is 0 Å². The molecule has 0 bridgehead atoms. The molecule has 0 amide bonds. The summed E-state index contributed by atoms with van der Waals surface area (Å²) in [5.74, 6) is -1.40. The van der Waals surface area contributed by atoms with Crippen LogP contribution in [0.25, 0.3) is 0 Å². The third kappa shape index (κ3) is 68.6. The van der Waals surface area contributed by atoms with Crippen LogP contribution in [-0.4, -0.2) is 96.7 Å². The molecule has 0 aromatic rings. The van der Waals surface area contributed by atoms with Crippen molar-refractivity contribution in [2.45, 2.75) is 412 Å². The monoisotopic (exact) mass is 1380 g/mol. The zero-order valence-electron chi connectivity index (χ0n) is 61.1. The van der Waals surface area contributed by atoms with Crippen molar-refractivity contribution in [2.75, 3.05) is 39.6 Å². The molecule has 0 saturated heterocycles. The Morgan fingerprint density at radius 3 is 0.723 bits per heavy atom. The lowest BCUT2D eigenvalue weighted by Gasteiger charge is -2.21. The summed E-state index contributed by atoms with van der Waals surface area (Å²) in [6.07, 6.45) is 56.9. The number of rotatable bonds is 75. The molecule has 0 radical (unpaired) electrons. The fourth-order valence-corrected chi connectivity index (χ4v) is 13.1. The van der Waals surface area contributed by atoms with Gasteiger partial charge in [0.25, 0.3) is 0 Å². The number of esters is 4. The van der Waals surface area contributed by atoms with Gasteiger partial charge in [-0.1, -0.05) is 343 Å². The number of aliphatic hydroxyl groups is 1. The van der Waals surface area contributed by atoms with E-state index in [1.54, 1.807) is 0 Å². The second-order valence-corrected chi connectivity index (χ2v) is 30.4. The predicted molar refractivity (Wildman–Crippen MR) is 382 cm³/mol. The molecule has 19 heteroatoms. The van der Waals surface area contributed by atoms with Gasteiger partial charge in [0.2, 0.25) is 0 Å². The topological polar surface area (TPSA) is 237 Å². The lowest BCUT2D eigenvalue weighted by molar-refractivity contribution is -0.161. The van der Waals surface area contributed by atoms with E-state index in [4.69, 9.17) is 37.0 Å². The quantitative estimate of drug-likeness (QED) is 0.0222. The van der Waals surface area contributed by atoms with Crippen LogP contribution in [0.5, 0.6) is 0 Å². The van der Waals surface area contributed by atoms with Crippen molar-refractivity contribution in [3.05, 3.63) is 0 Å². The van der Waals surface area contributed by atoms with Gasteiger partial charge >= 0.3 is 39.5 Å². The van der Waals surface area contributed by atoms with Crippen molar-refractivity contribution in [1.82, 2.24) is 0 Å². The first-order chi connectivity index (χ1) is 45.5. The maximum atomic E-state index is 13.1. The molecule has 0 spiro atoms. The second-order valence-electron chi connectivity index (χ2n) is 27.5. The van der Waals surface area contributed by atoms with Crippen LogP contribution < -0.4 is 0 Å². The van der Waals surface area contributed by atoms with E-state index in [0.717, 1.165) is 95.8 Å². The Morgan fingerprint density at radius 2 is 0.489 bits per heavy atom. The molecule has 94 heavy (non-hydrogen) atoms. The van der Waals surface area contributed by atoms with Crippen LogP contribution >= 0.6 is 15.6 Å². The van der Waals surface area contributed by atoms with Crippen molar-refractivity contribution in [3.63, 3.8) is 0 Å². The van der Waals surface area contributed by atoms with Crippen LogP contribution in [0.1, 0.15) is 394 Å². The zero-order chi connectivity index (χ0) is 69.1. The molecular weight excluding hydrogens is 1230 g/mol. The van der Waals surface area contributed by atoms with E-state index in [2.05, 4.69) is 34.6 Å². The van der Waals surface area contributed by atoms with Gasteiger partial charge in [0.05, 0.1) is 26.4 Å². The van der Waals surface area contributed by atoms with Gasteiger partial charge in [0.15, 0.2) is 12.2 Å². The summed E-state index contributed by atoms with van der Waals surface area (Å²) in [6.45, 7) is 7.23. The van der Waals surface area contributed by atoms with E-state index in [0.29, 0.717) is 25.7 Å². The molecule has 0 aliphatic heterocycles. The van der Waals surface area contributed by atoms with Crippen LogP contribution in [0, 0.1) is 5.92 Å². The molecule has 0 heterocycles. The van der Waals surface area contributed by atoms with Gasteiger partial charge in [-0.3, -0.25) is 37.3 Å². The van der Waals surface area contributed by atoms with Gasteiger partial charge in [0.1, 0.15) is 19.3 Å². The Hall–Kier alpha value is -1.94. The molecule has 0 aromatic heterocycles. The number of carbonyl (C=O) groups is 4. The number of aliphatic hydroxyl groups excluding tert-OH is 1. The van der Waals surface area contributed by atoms with Gasteiger partial charge in [0, 0.05) is 25.7 Å². The molecule has 0 aliphatic rings. The number of hydrogen-bond acceptors (Lipinski definition) is 15. The van der Waals surface area contributed by atoms with Crippen molar-refractivity contribution in [1.29, 1.82) is 0 Å². The van der Waals surface area contributed by atoms with Crippen molar-refractivity contribution >= 4 is 39.5 Å². The average Bonchev–Trinajstić information content (AvgIpc) is 1.28. The zero-order valence-corrected chi connectivity index (χ0v) is 62.9. The maximum absolute atomic E-state index is 13.1. The highest BCUT2D eigenvalue weighted by Crippen LogP contribution is 2.45. The lowest BCUT2D eigenvalue weighted by atomic mass is 10.0. The Kier molecular flexibility index (Phi) is 66.8. The highest BCUT2D eigenvalue weighted by Gasteiger charge is 2.30. The van der Waals surface area contributed by atoms with Gasteiger partial charge < -0.3 is 33.8 Å². The van der Waals surface area contributed by atoms with E-state index in [1.165, 1.54) is 218 Å². The molecule has 558 valence electrons. The summed E-state index contributed by atoms with van der Waals surface area (Å²) in [5, 5.41) is 10.6. The summed E-state index contributed by atoms with van der Waals surface area (Å²) in [4.78, 5) is 72.7. The summed E-state index contributed by atoms with van der Waals surface area (Å²) in [7, 11) is -9.90. The summed E-state index contributed by atoms with van der Waals surface area (Å²) >= 11 is 0. The average molecular weight is 1380 g/mol. The minimum Gasteiger partial charge on any atom is -0.462 e. The lowest BCUT2D eigenvalue weighted by Crippen LogP contribution is -2.30. The highest BCUT2D eigenvalue weighted by atomic mass is 31.2. The molecular formula is C75H146O17P2. The number of carbonyl (C=O) groups excluding carboxylic acids is 4. The van der Waals surface area contributed by atoms with E-state index in [9.17, 15) is 43.2 Å². The molecule has 5 atom stereocenters. The normalized spacial score (nSPS) is 14.0. The Labute approximate surface area is 575 Å². The summed E-state index contributed by atoms with van der Waals surface area (Å²) < 4.78 is 68.4. The predicted octanol–water partition coefficient (Wildman–Crippen LogP) is 22.1. The summed E-state index contributed by atoms with van der Waals surface area (Å²) in [6, 6.07) is 0. The van der Waals surface area contributed by atoms with Crippen LogP contribution in [0.3, 0.4) is 0 Å². The third-order valence-electron chi connectivity index (χ3n) is 17.5. The molecule has 0 saturated carbocycles. The highest BCUT2D eigenvalue weighted by molar-refractivity contribution is 7.47. The first kappa shape index (κ1) is 92.1. The van der Waals surface area contributed by atoms with Crippen LogP contribution in [-0.2, 0) is 65.4 Å². The number of phosphoric ester groups is 2. The van der Waals surface area contributed by atoms with Crippen LogP contribution in [0.15, 0.2) is 0 Å². The largest absolute Gasteiger partial charge is 0.472 e. The standard InChI is InChI=1S/C75H146O17P2/c1-6-9-12-15-18-21-23-25-27-29-30-32-34-36-39-45-50-55-60-74(79)91-70(65-86-73(78)59-54-49-44-38-35-33-31-28-26-24-22-19-16-13-10-7-2)66-89-93(81,82)87-62-69(76)63-88-94(83,84)90-67-71(64-85-72(77)58-53-48-43-37-20-17-14-11-8-3)92-75(80)61-56-51-46-41-40-42-47-52-57-68(4)5/h68-71,76H,6-67H2,1-5H3,(H,81,82)(H,83,84)/t69-,70-,71-/m1/s1. The molecule has 17 nitrogen and oxygen atoms in total. The van der Waals surface area contributed by atoms with E-state index in [-0.39, 0.29) is 25.7 Å². The smallest absolute Gasteiger partial charge is 0.462 e. The van der Waals surface area contributed by atoms with Crippen LogP contribution in [0.2, 0.25) is 0 Å². The molecule has 0 aromatic carbocycles. The Morgan fingerprint density at radius 1 is 0.287 bits per heavy atom. The number of hydrogen-bond donors (Lipinski definition) is 3. The van der Waals surface area contributed by atoms with Gasteiger partial charge in [-0.25, -0.2) is 9.13 Å². The molecule has 0 fully saturated rings. The fourth-order valence-electron chi connectivity index (χ4n) is 11.5. The van der Waals surface area contributed by atoms with E-state index in [1.807, 2.05) is 0 Å². The molecule has 0 rings (SSSR count). The number of ether oxygens (including phenoxy) is 4. The van der Waals surface area contributed by atoms with E-state index >= 15 is 0 Å². The Balaban J connectivity index is 5.21. The second kappa shape index (κ2) is 68.2. The van der Waals surface area contributed by atoms with Gasteiger partial charge in [-0.15, -0.1) is 0 Å². The first-order valence-corrected chi connectivity index (χ1v) is 42.1. The first-order valence-electron chi connectivity index (χ1n) is 39.1. The van der Waals surface area contributed by atoms with Crippen molar-refractivity contribution in [3.8, 4) is 0 Å². The fraction of sp³-hybridized carbons (Fsp3) is 0.947. The molecule has 2 unspecified atom stereocenters. The van der Waals surface area contributed by atoms with Crippen molar-refractivity contribution < 1.29 is 80.2 Å². The minimum atomic E-state index is -4.96. The molecule has 0 aliphatic carbocycles. The Bertz CT molecular complexity index is 1810. The third-order valence-corrected chi connectivity index (χ3v) is 19.4. The van der Waals surface area contributed by atoms with Gasteiger partial charge in [-0.05, 0) is 31.6 Å². The number of unbranched alkanes of at least 4 members (excludes halogenated alkanes) is 47. The minimum absolute atomic E-state index is 0.105. The maximum Gasteiger partial charge on any atom is 0.472 e. The van der Waals surface area contributed by atoms with Crippen molar-refractivity contribution in [2.24, 2.45) is 5.92 Å².